The monoisotopic (exact) mass is 525 g/mol. The van der Waals surface area contributed by atoms with Gasteiger partial charge in [-0.25, -0.2) is 5.43 Å². The summed E-state index contributed by atoms with van der Waals surface area (Å²) >= 11 is 5.93. The number of amides is 2. The van der Waals surface area contributed by atoms with Gasteiger partial charge in [0, 0.05) is 41.2 Å². The third kappa shape index (κ3) is 5.71. The zero-order valence-corrected chi connectivity index (χ0v) is 21.9. The van der Waals surface area contributed by atoms with Crippen LogP contribution in [0.1, 0.15) is 61.8 Å². The Bertz CT molecular complexity index is 1420. The van der Waals surface area contributed by atoms with Crippen molar-refractivity contribution in [2.75, 3.05) is 0 Å². The van der Waals surface area contributed by atoms with Gasteiger partial charge >= 0.3 is 0 Å². The first-order valence-electron chi connectivity index (χ1n) is 12.6. The third-order valence-electron chi connectivity index (χ3n) is 6.64. The maximum atomic E-state index is 13.9. The number of fused-ring (bicyclic) bond motifs is 1. The molecule has 0 unspecified atom stereocenters. The number of rotatable bonds is 7. The van der Waals surface area contributed by atoms with Crippen LogP contribution in [0.3, 0.4) is 0 Å². The van der Waals surface area contributed by atoms with Gasteiger partial charge in [0.15, 0.2) is 5.76 Å². The van der Waals surface area contributed by atoms with E-state index in [2.05, 4.69) is 10.5 Å². The quantitative estimate of drug-likeness (QED) is 0.278. The molecule has 0 aliphatic heterocycles. The number of hydrazone groups is 1. The van der Waals surface area contributed by atoms with Crippen LogP contribution in [0.25, 0.3) is 0 Å². The van der Waals surface area contributed by atoms with Crippen LogP contribution in [-0.4, -0.2) is 22.4 Å². The molecule has 1 N–H and O–H groups in total. The van der Waals surface area contributed by atoms with Gasteiger partial charge in [-0.15, -0.1) is 0 Å². The average Bonchev–Trinajstić information content (AvgIpc) is 3.29. The number of hydrogen-bond acceptors (Lipinski definition) is 4. The van der Waals surface area contributed by atoms with Gasteiger partial charge in [0.2, 0.25) is 0 Å². The van der Waals surface area contributed by atoms with Gasteiger partial charge in [0.1, 0.15) is 5.76 Å². The van der Waals surface area contributed by atoms with Crippen LogP contribution in [0.2, 0.25) is 5.02 Å². The summed E-state index contributed by atoms with van der Waals surface area (Å²) in [4.78, 5) is 28.3. The molecule has 0 radical (unpaired) electrons. The molecule has 0 bridgehead atoms. The summed E-state index contributed by atoms with van der Waals surface area (Å²) < 4.78 is 6.19. The fourth-order valence-corrected chi connectivity index (χ4v) is 4.84. The zero-order valence-electron chi connectivity index (χ0n) is 21.1. The summed E-state index contributed by atoms with van der Waals surface area (Å²) in [5, 5.41) is 5.00. The molecule has 5 rings (SSSR count). The highest BCUT2D eigenvalue weighted by atomic mass is 35.5. The topological polar surface area (TPSA) is 74.9 Å². The molecule has 0 saturated heterocycles. The molecule has 2 amide bonds. The first-order chi connectivity index (χ1) is 18.5. The van der Waals surface area contributed by atoms with Crippen molar-refractivity contribution in [2.45, 2.75) is 39.3 Å². The number of carbonyl (C=O) groups excluding carboxylic acids is 2. The molecule has 0 spiro atoms. The van der Waals surface area contributed by atoms with Crippen molar-refractivity contribution in [3.63, 3.8) is 0 Å². The molecule has 0 fully saturated rings. The van der Waals surface area contributed by atoms with E-state index in [1.807, 2.05) is 67.6 Å². The second-order valence-corrected chi connectivity index (χ2v) is 9.78. The Hall–Kier alpha value is -4.16. The summed E-state index contributed by atoms with van der Waals surface area (Å²) in [6.07, 6.45) is 2.21. The lowest BCUT2D eigenvalue weighted by Gasteiger charge is -2.22. The SMILES string of the molecule is Cc1c(C(=O)N(Cc2ccccc2)Cc2ccccc2)oc2c1/C(=N/NC(=O)c1ccc(Cl)cc1)CCC2. The molecule has 6 nitrogen and oxygen atoms in total. The molecule has 7 heteroatoms. The van der Waals surface area contributed by atoms with E-state index in [1.54, 1.807) is 29.2 Å². The Kier molecular flexibility index (Phi) is 7.70. The van der Waals surface area contributed by atoms with Crippen molar-refractivity contribution in [3.8, 4) is 0 Å². The second kappa shape index (κ2) is 11.5. The number of hydrogen-bond donors (Lipinski definition) is 1. The number of nitrogens with one attached hydrogen (secondary N) is 1. The molecule has 1 heterocycles. The zero-order chi connectivity index (χ0) is 26.5. The molecule has 1 aliphatic rings. The minimum absolute atomic E-state index is 0.172. The van der Waals surface area contributed by atoms with E-state index in [0.717, 1.165) is 34.4 Å². The Labute approximate surface area is 226 Å². The number of furan rings is 1. The highest BCUT2D eigenvalue weighted by Gasteiger charge is 2.30. The van der Waals surface area contributed by atoms with Crippen LogP contribution in [0.4, 0.5) is 0 Å². The molecule has 4 aromatic rings. The number of benzene rings is 3. The van der Waals surface area contributed by atoms with Crippen molar-refractivity contribution in [3.05, 3.63) is 129 Å². The number of halogens is 1. The van der Waals surface area contributed by atoms with Gasteiger partial charge < -0.3 is 9.32 Å². The standard InChI is InChI=1S/C31H28ClN3O3/c1-21-28-26(33-34-30(36)24-15-17-25(32)18-16-24)13-8-14-27(28)38-29(21)31(37)35(19-22-9-4-2-5-10-22)20-23-11-6-3-7-12-23/h2-7,9-12,15-18H,8,13-14,19-20H2,1H3,(H,34,36)/b33-26+. The van der Waals surface area contributed by atoms with Gasteiger partial charge in [0.25, 0.3) is 11.8 Å². The van der Waals surface area contributed by atoms with E-state index >= 15 is 0 Å². The minimum Gasteiger partial charge on any atom is -0.455 e. The van der Waals surface area contributed by atoms with E-state index in [-0.39, 0.29) is 11.8 Å². The molecule has 192 valence electrons. The van der Waals surface area contributed by atoms with Crippen LogP contribution in [0.5, 0.6) is 0 Å². The molecular weight excluding hydrogens is 498 g/mol. The highest BCUT2D eigenvalue weighted by molar-refractivity contribution is 6.30. The molecule has 0 saturated carbocycles. The van der Waals surface area contributed by atoms with Gasteiger partial charge in [-0.3, -0.25) is 9.59 Å². The predicted octanol–water partition coefficient (Wildman–Crippen LogP) is 6.55. The highest BCUT2D eigenvalue weighted by Crippen LogP contribution is 2.31. The normalized spacial score (nSPS) is 13.7. The maximum Gasteiger partial charge on any atom is 0.290 e. The van der Waals surface area contributed by atoms with Crippen molar-refractivity contribution in [1.82, 2.24) is 10.3 Å². The Morgan fingerprint density at radius 1 is 0.895 bits per heavy atom. The maximum absolute atomic E-state index is 13.9. The Balaban J connectivity index is 1.42. The number of nitrogens with zero attached hydrogens (tertiary/aromatic N) is 2. The largest absolute Gasteiger partial charge is 0.455 e. The summed E-state index contributed by atoms with van der Waals surface area (Å²) in [5.74, 6) is 0.557. The van der Waals surface area contributed by atoms with Crippen LogP contribution in [0.15, 0.2) is 94.4 Å². The molecule has 38 heavy (non-hydrogen) atoms. The van der Waals surface area contributed by atoms with Gasteiger partial charge in [0.05, 0.1) is 5.71 Å². The van der Waals surface area contributed by atoms with Crippen LogP contribution < -0.4 is 5.43 Å². The van der Waals surface area contributed by atoms with Crippen molar-refractivity contribution in [1.29, 1.82) is 0 Å². The van der Waals surface area contributed by atoms with Crippen molar-refractivity contribution in [2.24, 2.45) is 5.10 Å². The van der Waals surface area contributed by atoms with Gasteiger partial charge in [-0.1, -0.05) is 72.3 Å². The lowest BCUT2D eigenvalue weighted by molar-refractivity contribution is 0.0694. The van der Waals surface area contributed by atoms with Crippen LogP contribution in [0, 0.1) is 6.92 Å². The fourth-order valence-electron chi connectivity index (χ4n) is 4.72. The first-order valence-corrected chi connectivity index (χ1v) is 13.0. The number of carbonyl (C=O) groups is 2. The van der Waals surface area contributed by atoms with E-state index < -0.39 is 0 Å². The second-order valence-electron chi connectivity index (χ2n) is 9.35. The third-order valence-corrected chi connectivity index (χ3v) is 6.89. The lowest BCUT2D eigenvalue weighted by atomic mass is 9.93. The lowest BCUT2D eigenvalue weighted by Crippen LogP contribution is -2.30. The van der Waals surface area contributed by atoms with Crippen molar-refractivity contribution < 1.29 is 14.0 Å². The summed E-state index contributed by atoms with van der Waals surface area (Å²) in [6, 6.07) is 26.5. The smallest absolute Gasteiger partial charge is 0.290 e. The summed E-state index contributed by atoms with van der Waals surface area (Å²) in [6.45, 7) is 2.80. The predicted molar refractivity (Wildman–Crippen MR) is 148 cm³/mol. The van der Waals surface area contributed by atoms with Gasteiger partial charge in [-0.2, -0.15) is 5.10 Å². The number of aryl methyl sites for hydroxylation is 1. The average molecular weight is 526 g/mol. The van der Waals surface area contributed by atoms with E-state index in [9.17, 15) is 9.59 Å². The van der Waals surface area contributed by atoms with E-state index in [1.165, 1.54) is 0 Å². The molecule has 1 aliphatic carbocycles. The fraction of sp³-hybridized carbons (Fsp3) is 0.194. The minimum atomic E-state index is -0.323. The Morgan fingerprint density at radius 3 is 2.11 bits per heavy atom. The molecule has 0 atom stereocenters. The molecule has 1 aromatic heterocycles. The van der Waals surface area contributed by atoms with E-state index in [4.69, 9.17) is 16.0 Å². The Morgan fingerprint density at radius 2 is 1.50 bits per heavy atom. The van der Waals surface area contributed by atoms with E-state index in [0.29, 0.717) is 48.0 Å². The first kappa shape index (κ1) is 25.5. The molecular formula is C31H28ClN3O3. The summed E-state index contributed by atoms with van der Waals surface area (Å²) in [5.41, 5.74) is 7.47. The molecule has 3 aromatic carbocycles. The van der Waals surface area contributed by atoms with Crippen LogP contribution in [-0.2, 0) is 19.5 Å². The van der Waals surface area contributed by atoms with Gasteiger partial charge in [-0.05, 0) is 55.2 Å². The van der Waals surface area contributed by atoms with Crippen molar-refractivity contribution >= 4 is 29.1 Å². The summed E-state index contributed by atoms with van der Waals surface area (Å²) in [7, 11) is 0. The van der Waals surface area contributed by atoms with Crippen LogP contribution >= 0.6 is 11.6 Å².